The molecule has 4 aromatic rings. The lowest BCUT2D eigenvalue weighted by Crippen LogP contribution is -2.22. The fraction of sp³-hybridized carbons (Fsp3) is 0.304. The second-order valence-corrected chi connectivity index (χ2v) is 9.67. The molecule has 0 aliphatic heterocycles. The van der Waals surface area contributed by atoms with E-state index in [1.807, 2.05) is 30.5 Å². The fourth-order valence-electron chi connectivity index (χ4n) is 3.91. The largest absolute Gasteiger partial charge is 0.471 e. The average molecular weight is 451 g/mol. The van der Waals surface area contributed by atoms with Crippen LogP contribution in [0.3, 0.4) is 0 Å². The molecule has 0 saturated carbocycles. The molecule has 6 nitrogen and oxygen atoms in total. The van der Waals surface area contributed by atoms with Crippen molar-refractivity contribution >= 4 is 49.6 Å². The van der Waals surface area contributed by atoms with Crippen molar-refractivity contribution in [3.05, 3.63) is 57.2 Å². The van der Waals surface area contributed by atoms with Crippen molar-refractivity contribution in [2.45, 2.75) is 46.6 Å². The minimum absolute atomic E-state index is 0.0728. The number of rotatable bonds is 5. The predicted octanol–water partition coefficient (Wildman–Crippen LogP) is 5.52. The smallest absolute Gasteiger partial charge is 0.230 e. The summed E-state index contributed by atoms with van der Waals surface area (Å²) in [5.41, 5.74) is 5.26. The highest BCUT2D eigenvalue weighted by atomic mass is 32.1. The summed E-state index contributed by atoms with van der Waals surface area (Å²) in [7, 11) is 0. The third kappa shape index (κ3) is 3.70. The Morgan fingerprint density at radius 1 is 1.19 bits per heavy atom. The fourth-order valence-corrected chi connectivity index (χ4v) is 6.00. The Labute approximate surface area is 188 Å². The highest BCUT2D eigenvalue weighted by molar-refractivity contribution is 7.19. The van der Waals surface area contributed by atoms with E-state index >= 15 is 0 Å². The minimum atomic E-state index is -0.0728. The molecule has 1 aliphatic carbocycles. The molecule has 0 fully saturated rings. The molecule has 1 aliphatic rings. The molecule has 158 valence electrons. The topological polar surface area (TPSA) is 68.2 Å². The standard InChI is InChI=1S/C23H22N4O2S2/c1-13-7-8-17(9-14(13)2)27(15(3)28)23-26-16(11-30-23)10-29-21-20-18-5-4-6-19(18)31-22(20)25-12-24-21/h7-9,11-12H,4-6,10H2,1-3H3. The van der Waals surface area contributed by atoms with Gasteiger partial charge in [0.15, 0.2) is 5.13 Å². The summed E-state index contributed by atoms with van der Waals surface area (Å²) < 4.78 is 6.08. The Kier molecular flexibility index (Phi) is 5.19. The van der Waals surface area contributed by atoms with Crippen LogP contribution in [0.4, 0.5) is 10.8 Å². The summed E-state index contributed by atoms with van der Waals surface area (Å²) in [5, 5.41) is 3.62. The Morgan fingerprint density at radius 3 is 2.87 bits per heavy atom. The number of benzene rings is 1. The maximum atomic E-state index is 12.4. The summed E-state index contributed by atoms with van der Waals surface area (Å²) in [4.78, 5) is 29.9. The lowest BCUT2D eigenvalue weighted by Gasteiger charge is -2.19. The van der Waals surface area contributed by atoms with E-state index in [4.69, 9.17) is 4.74 Å². The summed E-state index contributed by atoms with van der Waals surface area (Å²) >= 11 is 3.18. The lowest BCUT2D eigenvalue weighted by molar-refractivity contribution is -0.115. The third-order valence-electron chi connectivity index (χ3n) is 5.62. The van der Waals surface area contributed by atoms with Gasteiger partial charge in [0.05, 0.1) is 16.8 Å². The number of fused-ring (bicyclic) bond motifs is 3. The van der Waals surface area contributed by atoms with Gasteiger partial charge >= 0.3 is 0 Å². The number of ether oxygens (including phenoxy) is 1. The van der Waals surface area contributed by atoms with Gasteiger partial charge in [-0.2, -0.15) is 0 Å². The Bertz CT molecular complexity index is 1290. The maximum absolute atomic E-state index is 12.4. The maximum Gasteiger partial charge on any atom is 0.230 e. The monoisotopic (exact) mass is 450 g/mol. The highest BCUT2D eigenvalue weighted by Gasteiger charge is 2.23. The van der Waals surface area contributed by atoms with Crippen molar-refractivity contribution < 1.29 is 9.53 Å². The molecular weight excluding hydrogens is 428 g/mol. The van der Waals surface area contributed by atoms with Crippen LogP contribution in [0.25, 0.3) is 10.2 Å². The Morgan fingerprint density at radius 2 is 2.06 bits per heavy atom. The summed E-state index contributed by atoms with van der Waals surface area (Å²) in [6, 6.07) is 6.00. The molecule has 1 amide bonds. The molecular formula is C23H22N4O2S2. The van der Waals surface area contributed by atoms with E-state index in [0.29, 0.717) is 17.6 Å². The summed E-state index contributed by atoms with van der Waals surface area (Å²) in [6.45, 7) is 5.96. The van der Waals surface area contributed by atoms with Crippen LogP contribution in [0.5, 0.6) is 5.88 Å². The number of carbonyl (C=O) groups excluding carboxylic acids is 1. The average Bonchev–Trinajstić information content (AvgIpc) is 3.45. The lowest BCUT2D eigenvalue weighted by atomic mass is 10.1. The van der Waals surface area contributed by atoms with E-state index in [0.717, 1.165) is 40.0 Å². The molecule has 5 rings (SSSR count). The number of hydrogen-bond donors (Lipinski definition) is 0. The van der Waals surface area contributed by atoms with Gasteiger partial charge in [0.25, 0.3) is 0 Å². The molecule has 0 atom stereocenters. The first-order valence-electron chi connectivity index (χ1n) is 10.2. The van der Waals surface area contributed by atoms with Gasteiger partial charge < -0.3 is 4.74 Å². The van der Waals surface area contributed by atoms with E-state index in [2.05, 4.69) is 21.9 Å². The number of hydrogen-bond acceptors (Lipinski definition) is 7. The molecule has 3 heterocycles. The summed E-state index contributed by atoms with van der Waals surface area (Å²) in [5.74, 6) is 0.549. The molecule has 1 aromatic carbocycles. The van der Waals surface area contributed by atoms with Crippen LogP contribution in [0.2, 0.25) is 0 Å². The SMILES string of the molecule is CC(=O)N(c1ccc(C)c(C)c1)c1nc(COc2ncnc3sc4c(c23)CCC4)cs1. The van der Waals surface area contributed by atoms with Crippen molar-refractivity contribution in [3.8, 4) is 5.88 Å². The molecule has 0 bridgehead atoms. The number of aromatic nitrogens is 3. The van der Waals surface area contributed by atoms with Gasteiger partial charge in [-0.3, -0.25) is 9.69 Å². The number of nitrogens with zero attached hydrogens (tertiary/aromatic N) is 4. The Hall–Kier alpha value is -2.84. The van der Waals surface area contributed by atoms with Crippen LogP contribution in [0.15, 0.2) is 29.9 Å². The van der Waals surface area contributed by atoms with Crippen molar-refractivity contribution in [1.29, 1.82) is 0 Å². The van der Waals surface area contributed by atoms with Gasteiger partial charge in [-0.1, -0.05) is 6.07 Å². The van der Waals surface area contributed by atoms with E-state index in [1.165, 1.54) is 33.8 Å². The molecule has 31 heavy (non-hydrogen) atoms. The van der Waals surface area contributed by atoms with Crippen molar-refractivity contribution in [2.24, 2.45) is 0 Å². The van der Waals surface area contributed by atoms with Crippen molar-refractivity contribution in [3.63, 3.8) is 0 Å². The van der Waals surface area contributed by atoms with Gasteiger partial charge in [-0.15, -0.1) is 22.7 Å². The van der Waals surface area contributed by atoms with Crippen LogP contribution in [-0.2, 0) is 24.2 Å². The van der Waals surface area contributed by atoms with Crippen LogP contribution in [0.1, 0.15) is 40.6 Å². The molecule has 0 saturated heterocycles. The van der Waals surface area contributed by atoms with Crippen LogP contribution < -0.4 is 9.64 Å². The highest BCUT2D eigenvalue weighted by Crippen LogP contribution is 2.40. The molecule has 0 spiro atoms. The van der Waals surface area contributed by atoms with Crippen LogP contribution in [0, 0.1) is 13.8 Å². The van der Waals surface area contributed by atoms with Gasteiger partial charge in [0, 0.05) is 17.2 Å². The van der Waals surface area contributed by atoms with E-state index in [-0.39, 0.29) is 5.91 Å². The van der Waals surface area contributed by atoms with E-state index in [9.17, 15) is 4.79 Å². The number of aryl methyl sites for hydroxylation is 4. The Balaban J connectivity index is 1.39. The van der Waals surface area contributed by atoms with Gasteiger partial charge in [-0.25, -0.2) is 15.0 Å². The third-order valence-corrected chi connectivity index (χ3v) is 7.69. The number of amides is 1. The second kappa shape index (κ2) is 8.01. The van der Waals surface area contributed by atoms with Crippen LogP contribution in [-0.4, -0.2) is 20.9 Å². The minimum Gasteiger partial charge on any atom is -0.471 e. The predicted molar refractivity (Wildman–Crippen MR) is 125 cm³/mol. The van der Waals surface area contributed by atoms with Crippen molar-refractivity contribution in [2.75, 3.05) is 4.90 Å². The summed E-state index contributed by atoms with van der Waals surface area (Å²) in [6.07, 6.45) is 4.92. The zero-order valence-electron chi connectivity index (χ0n) is 17.6. The number of anilines is 2. The zero-order valence-corrected chi connectivity index (χ0v) is 19.3. The van der Waals surface area contributed by atoms with E-state index in [1.54, 1.807) is 29.5 Å². The van der Waals surface area contributed by atoms with Gasteiger partial charge in [0.2, 0.25) is 11.8 Å². The first kappa shape index (κ1) is 20.1. The van der Waals surface area contributed by atoms with Crippen molar-refractivity contribution in [1.82, 2.24) is 15.0 Å². The number of carbonyl (C=O) groups is 1. The van der Waals surface area contributed by atoms with Crippen LogP contribution >= 0.6 is 22.7 Å². The first-order valence-corrected chi connectivity index (χ1v) is 11.9. The molecule has 8 heteroatoms. The molecule has 0 N–H and O–H groups in total. The zero-order chi connectivity index (χ0) is 21.5. The molecule has 3 aromatic heterocycles. The van der Waals surface area contributed by atoms with Gasteiger partial charge in [-0.05, 0) is 61.9 Å². The number of thiophene rings is 1. The number of thiazole rings is 1. The molecule has 0 unspecified atom stereocenters. The normalized spacial score (nSPS) is 12.9. The molecule has 0 radical (unpaired) electrons. The second-order valence-electron chi connectivity index (χ2n) is 7.75. The van der Waals surface area contributed by atoms with E-state index < -0.39 is 0 Å². The van der Waals surface area contributed by atoms with Gasteiger partial charge in [0.1, 0.15) is 17.8 Å². The first-order chi connectivity index (χ1) is 15.0. The quantitative estimate of drug-likeness (QED) is 0.401.